The molecule has 130 valence electrons. The van der Waals surface area contributed by atoms with Gasteiger partial charge in [-0.1, -0.05) is 0 Å². The van der Waals surface area contributed by atoms with E-state index in [1.54, 1.807) is 17.4 Å². The number of carbonyl (C=O) groups excluding carboxylic acids is 1. The minimum absolute atomic E-state index is 0.224. The van der Waals surface area contributed by atoms with Crippen LogP contribution in [0.5, 0.6) is 0 Å². The van der Waals surface area contributed by atoms with E-state index in [9.17, 15) is 4.79 Å². The second kappa shape index (κ2) is 6.34. The summed E-state index contributed by atoms with van der Waals surface area (Å²) in [5, 5.41) is 1.01. The Hall–Kier alpha value is -2.24. The molecule has 1 saturated heterocycles. The average molecular weight is 331 g/mol. The first-order valence-corrected chi connectivity index (χ1v) is 8.37. The Labute approximate surface area is 142 Å². The Bertz CT molecular complexity index is 712. The summed E-state index contributed by atoms with van der Waals surface area (Å²) < 4.78 is 11.1. The third kappa shape index (κ3) is 3.47. The van der Waals surface area contributed by atoms with Crippen molar-refractivity contribution < 1.29 is 13.9 Å². The van der Waals surface area contributed by atoms with Crippen molar-refractivity contribution in [2.24, 2.45) is 0 Å². The van der Waals surface area contributed by atoms with Crippen molar-refractivity contribution in [3.05, 3.63) is 24.7 Å². The van der Waals surface area contributed by atoms with Crippen molar-refractivity contribution in [3.63, 3.8) is 0 Å². The number of aromatic nitrogens is 1. The minimum atomic E-state index is -0.453. The molecule has 0 saturated carbocycles. The molecular weight excluding hydrogens is 306 g/mol. The van der Waals surface area contributed by atoms with Gasteiger partial charge in [0.1, 0.15) is 5.60 Å². The van der Waals surface area contributed by atoms with E-state index in [1.807, 2.05) is 33.0 Å². The molecule has 2 aromatic rings. The van der Waals surface area contributed by atoms with Crippen LogP contribution in [-0.4, -0.2) is 47.8 Å². The summed E-state index contributed by atoms with van der Waals surface area (Å²) in [5.74, 6) is 0. The van der Waals surface area contributed by atoms with Crippen LogP contribution < -0.4 is 4.90 Å². The predicted octanol–water partition coefficient (Wildman–Crippen LogP) is 3.66. The summed E-state index contributed by atoms with van der Waals surface area (Å²) in [5.41, 5.74) is 1.40. The maximum atomic E-state index is 12.2. The molecule has 24 heavy (non-hydrogen) atoms. The van der Waals surface area contributed by atoms with Crippen LogP contribution in [0, 0.1) is 0 Å². The molecule has 0 radical (unpaired) electrons. The van der Waals surface area contributed by atoms with Crippen molar-refractivity contribution >= 4 is 22.7 Å². The molecule has 0 aliphatic carbocycles. The fourth-order valence-corrected chi connectivity index (χ4v) is 3.09. The molecule has 1 aliphatic rings. The Balaban J connectivity index is 1.64. The zero-order valence-corrected chi connectivity index (χ0v) is 14.8. The predicted molar refractivity (Wildman–Crippen MR) is 93.2 cm³/mol. The molecule has 0 unspecified atom stereocenters. The summed E-state index contributed by atoms with van der Waals surface area (Å²) >= 11 is 0. The standard InChI is InChI=1S/C18H25N3O3/c1-18(2,3)24-17(22)21-8-5-14(6-9-21)20(4)15-12-19-11-13-7-10-23-16(13)15/h7,10-12,14H,5-6,8-9H2,1-4H3. The van der Waals surface area contributed by atoms with Crippen LogP contribution in [0.2, 0.25) is 0 Å². The van der Waals surface area contributed by atoms with Gasteiger partial charge in [0, 0.05) is 37.8 Å². The fraction of sp³-hybridized carbons (Fsp3) is 0.556. The molecular formula is C18H25N3O3. The summed E-state index contributed by atoms with van der Waals surface area (Å²) in [6.07, 6.45) is 6.90. The van der Waals surface area contributed by atoms with Gasteiger partial charge in [-0.2, -0.15) is 0 Å². The topological polar surface area (TPSA) is 58.8 Å². The lowest BCUT2D eigenvalue weighted by atomic mass is 10.0. The number of amides is 1. The number of pyridine rings is 1. The Morgan fingerprint density at radius 2 is 2.04 bits per heavy atom. The van der Waals surface area contributed by atoms with E-state index in [0.29, 0.717) is 19.1 Å². The lowest BCUT2D eigenvalue weighted by Gasteiger charge is -2.38. The highest BCUT2D eigenvalue weighted by molar-refractivity contribution is 5.88. The first-order chi connectivity index (χ1) is 11.3. The van der Waals surface area contributed by atoms with E-state index in [-0.39, 0.29) is 6.09 Å². The SMILES string of the molecule is CN(c1cncc2ccoc12)C1CCN(C(=O)OC(C)(C)C)CC1. The maximum Gasteiger partial charge on any atom is 0.410 e. The van der Waals surface area contributed by atoms with Crippen molar-refractivity contribution in [2.75, 3.05) is 25.0 Å². The first kappa shape index (κ1) is 16.6. The van der Waals surface area contributed by atoms with Crippen molar-refractivity contribution in [1.82, 2.24) is 9.88 Å². The van der Waals surface area contributed by atoms with Gasteiger partial charge < -0.3 is 19.0 Å². The average Bonchev–Trinajstić information content (AvgIpc) is 3.01. The van der Waals surface area contributed by atoms with Gasteiger partial charge in [-0.25, -0.2) is 4.79 Å². The third-order valence-corrected chi connectivity index (χ3v) is 4.38. The highest BCUT2D eigenvalue weighted by atomic mass is 16.6. The monoisotopic (exact) mass is 331 g/mol. The Kier molecular flexibility index (Phi) is 4.39. The third-order valence-electron chi connectivity index (χ3n) is 4.38. The Morgan fingerprint density at radius 3 is 2.71 bits per heavy atom. The molecule has 3 heterocycles. The number of hydrogen-bond acceptors (Lipinski definition) is 5. The van der Waals surface area contributed by atoms with Gasteiger partial charge in [0.2, 0.25) is 0 Å². The van der Waals surface area contributed by atoms with E-state index in [4.69, 9.17) is 9.15 Å². The van der Waals surface area contributed by atoms with Crippen molar-refractivity contribution in [1.29, 1.82) is 0 Å². The second-order valence-electron chi connectivity index (χ2n) is 7.31. The highest BCUT2D eigenvalue weighted by Crippen LogP contribution is 2.29. The largest absolute Gasteiger partial charge is 0.462 e. The van der Waals surface area contributed by atoms with E-state index in [0.717, 1.165) is 29.5 Å². The molecule has 0 aromatic carbocycles. The molecule has 1 aliphatic heterocycles. The van der Waals surface area contributed by atoms with Gasteiger partial charge in [0.25, 0.3) is 0 Å². The van der Waals surface area contributed by atoms with Crippen molar-refractivity contribution in [3.8, 4) is 0 Å². The second-order valence-corrected chi connectivity index (χ2v) is 7.31. The zero-order valence-electron chi connectivity index (χ0n) is 14.8. The van der Waals surface area contributed by atoms with E-state index in [2.05, 4.69) is 16.9 Å². The maximum absolute atomic E-state index is 12.2. The van der Waals surface area contributed by atoms with Crippen LogP contribution in [0.4, 0.5) is 10.5 Å². The molecule has 1 fully saturated rings. The van der Waals surface area contributed by atoms with Crippen molar-refractivity contribution in [2.45, 2.75) is 45.3 Å². The quantitative estimate of drug-likeness (QED) is 0.840. The number of carbonyl (C=O) groups is 1. The lowest BCUT2D eigenvalue weighted by molar-refractivity contribution is 0.0205. The van der Waals surface area contributed by atoms with E-state index < -0.39 is 5.60 Å². The van der Waals surface area contributed by atoms with Crippen LogP contribution >= 0.6 is 0 Å². The van der Waals surface area contributed by atoms with Gasteiger partial charge in [-0.3, -0.25) is 4.98 Å². The number of piperidine rings is 1. The number of ether oxygens (including phenoxy) is 1. The van der Waals surface area contributed by atoms with Gasteiger partial charge in [0.15, 0.2) is 5.58 Å². The lowest BCUT2D eigenvalue weighted by Crippen LogP contribution is -2.47. The summed E-state index contributed by atoms with van der Waals surface area (Å²) in [7, 11) is 2.06. The molecule has 2 aromatic heterocycles. The molecule has 6 heteroatoms. The van der Waals surface area contributed by atoms with Gasteiger partial charge in [-0.05, 0) is 39.7 Å². The first-order valence-electron chi connectivity index (χ1n) is 8.37. The number of furan rings is 1. The van der Waals surface area contributed by atoms with Gasteiger partial charge >= 0.3 is 6.09 Å². The van der Waals surface area contributed by atoms with Crippen LogP contribution in [0.1, 0.15) is 33.6 Å². The van der Waals surface area contributed by atoms with E-state index in [1.165, 1.54) is 0 Å². The fourth-order valence-electron chi connectivity index (χ4n) is 3.09. The van der Waals surface area contributed by atoms with Gasteiger partial charge in [-0.15, -0.1) is 0 Å². The Morgan fingerprint density at radius 1 is 1.33 bits per heavy atom. The summed E-state index contributed by atoms with van der Waals surface area (Å²) in [6, 6.07) is 2.27. The van der Waals surface area contributed by atoms with E-state index >= 15 is 0 Å². The number of rotatable bonds is 2. The van der Waals surface area contributed by atoms with Crippen LogP contribution in [0.15, 0.2) is 29.1 Å². The molecule has 0 atom stereocenters. The normalized spacial score (nSPS) is 16.4. The number of fused-ring (bicyclic) bond motifs is 1. The number of likely N-dealkylation sites (tertiary alicyclic amines) is 1. The van der Waals surface area contributed by atoms with Crippen LogP contribution in [0.25, 0.3) is 11.0 Å². The number of anilines is 1. The molecule has 0 bridgehead atoms. The molecule has 6 nitrogen and oxygen atoms in total. The van der Waals surface area contributed by atoms with Crippen LogP contribution in [0.3, 0.4) is 0 Å². The van der Waals surface area contributed by atoms with Gasteiger partial charge in [0.05, 0.1) is 18.1 Å². The number of hydrogen-bond donors (Lipinski definition) is 0. The minimum Gasteiger partial charge on any atom is -0.462 e. The van der Waals surface area contributed by atoms with Crippen LogP contribution in [-0.2, 0) is 4.74 Å². The summed E-state index contributed by atoms with van der Waals surface area (Å²) in [4.78, 5) is 20.5. The zero-order chi connectivity index (χ0) is 17.3. The number of nitrogens with zero attached hydrogens (tertiary/aromatic N) is 3. The molecule has 0 spiro atoms. The molecule has 0 N–H and O–H groups in total. The highest BCUT2D eigenvalue weighted by Gasteiger charge is 2.29. The molecule has 1 amide bonds. The molecule has 3 rings (SSSR count). The summed E-state index contributed by atoms with van der Waals surface area (Å²) in [6.45, 7) is 7.07. The smallest absolute Gasteiger partial charge is 0.410 e.